The number of nitrogens with one attached hydrogen (secondary N) is 2. The van der Waals surface area contributed by atoms with E-state index in [2.05, 4.69) is 15.0 Å². The number of amides is 1. The molecule has 2 aromatic carbocycles. The highest BCUT2D eigenvalue weighted by atomic mass is 32.2. The van der Waals surface area contributed by atoms with E-state index in [1.807, 2.05) is 61.7 Å². The molecule has 0 saturated carbocycles. The molecule has 4 aromatic rings. The lowest BCUT2D eigenvalue weighted by atomic mass is 10.1. The molecule has 188 valence electrons. The summed E-state index contributed by atoms with van der Waals surface area (Å²) in [5.41, 5.74) is 4.29. The first kappa shape index (κ1) is 25.5. The fraction of sp³-hybridized carbons (Fsp3) is 0.296. The van der Waals surface area contributed by atoms with E-state index in [1.165, 1.54) is 17.7 Å². The van der Waals surface area contributed by atoms with Gasteiger partial charge in [-0.3, -0.25) is 4.79 Å². The van der Waals surface area contributed by atoms with Gasteiger partial charge < -0.3 is 9.88 Å². The summed E-state index contributed by atoms with van der Waals surface area (Å²) in [6.07, 6.45) is 2.70. The van der Waals surface area contributed by atoms with Crippen molar-refractivity contribution in [3.05, 3.63) is 72.4 Å². The topological polar surface area (TPSA) is 106 Å². The number of anilines is 1. The number of benzene rings is 2. The largest absolute Gasteiger partial charge is 0.326 e. The second-order valence-electron chi connectivity index (χ2n) is 9.22. The minimum Gasteiger partial charge on any atom is -0.326 e. The summed E-state index contributed by atoms with van der Waals surface area (Å²) in [4.78, 5) is 21.3. The van der Waals surface area contributed by atoms with Crippen LogP contribution in [0.3, 0.4) is 0 Å². The standard InChI is InChI=1S/C27H31N5O3S/c1-19(2)18-25(33)30-22-11-13-23(14-12-22)36(34,35)29-16-5-17-32-26(21-9-7-20(3)8-10-21)31-24-6-4-15-28-27(24)32/h4,6-15,19,29H,5,16-18H2,1-3H3,(H,30,33). The molecule has 0 bridgehead atoms. The van der Waals surface area contributed by atoms with E-state index < -0.39 is 10.0 Å². The maximum atomic E-state index is 12.8. The van der Waals surface area contributed by atoms with Gasteiger partial charge in [-0.05, 0) is 55.7 Å². The molecule has 0 aliphatic heterocycles. The van der Waals surface area contributed by atoms with Gasteiger partial charge in [-0.15, -0.1) is 0 Å². The van der Waals surface area contributed by atoms with Crippen molar-refractivity contribution in [2.45, 2.75) is 45.1 Å². The van der Waals surface area contributed by atoms with Crippen molar-refractivity contribution in [3.8, 4) is 11.4 Å². The highest BCUT2D eigenvalue weighted by Gasteiger charge is 2.16. The SMILES string of the molecule is Cc1ccc(-c2nc3cccnc3n2CCCNS(=O)(=O)c2ccc(NC(=O)CC(C)C)cc2)cc1. The predicted molar refractivity (Wildman–Crippen MR) is 142 cm³/mol. The van der Waals surface area contributed by atoms with Crippen LogP contribution in [0.2, 0.25) is 0 Å². The maximum Gasteiger partial charge on any atom is 0.240 e. The lowest BCUT2D eigenvalue weighted by molar-refractivity contribution is -0.116. The third kappa shape index (κ3) is 6.16. The van der Waals surface area contributed by atoms with Crippen LogP contribution in [0, 0.1) is 12.8 Å². The Bertz CT molecular complexity index is 1440. The monoisotopic (exact) mass is 505 g/mol. The molecule has 2 heterocycles. The second kappa shape index (κ2) is 11.0. The summed E-state index contributed by atoms with van der Waals surface area (Å²) in [5, 5.41) is 2.79. The van der Waals surface area contributed by atoms with Gasteiger partial charge in [0.1, 0.15) is 11.3 Å². The highest BCUT2D eigenvalue weighted by Crippen LogP contribution is 2.24. The average molecular weight is 506 g/mol. The third-order valence-electron chi connectivity index (χ3n) is 5.71. The minimum absolute atomic E-state index is 0.0924. The van der Waals surface area contributed by atoms with E-state index >= 15 is 0 Å². The Kier molecular flexibility index (Phi) is 7.81. The molecule has 2 aromatic heterocycles. The van der Waals surface area contributed by atoms with E-state index in [0.717, 1.165) is 22.6 Å². The molecule has 0 aliphatic rings. The fourth-order valence-electron chi connectivity index (χ4n) is 3.92. The molecule has 0 atom stereocenters. The third-order valence-corrected chi connectivity index (χ3v) is 7.18. The Balaban J connectivity index is 1.41. The van der Waals surface area contributed by atoms with E-state index in [1.54, 1.807) is 18.3 Å². The maximum absolute atomic E-state index is 12.8. The lowest BCUT2D eigenvalue weighted by Gasteiger charge is -2.11. The molecule has 4 rings (SSSR count). The number of carbonyl (C=O) groups excluding carboxylic acids is 1. The van der Waals surface area contributed by atoms with Crippen LogP contribution < -0.4 is 10.0 Å². The van der Waals surface area contributed by atoms with Crippen molar-refractivity contribution >= 4 is 32.8 Å². The number of hydrogen-bond acceptors (Lipinski definition) is 5. The molecule has 0 fully saturated rings. The molecule has 0 spiro atoms. The summed E-state index contributed by atoms with van der Waals surface area (Å²) in [6, 6.07) is 18.1. The molecular formula is C27H31N5O3S. The van der Waals surface area contributed by atoms with Crippen LogP contribution in [0.15, 0.2) is 71.8 Å². The van der Waals surface area contributed by atoms with Gasteiger partial charge in [0.05, 0.1) is 4.90 Å². The van der Waals surface area contributed by atoms with Gasteiger partial charge in [-0.1, -0.05) is 43.7 Å². The Morgan fingerprint density at radius 3 is 2.44 bits per heavy atom. The Hall–Kier alpha value is -3.56. The van der Waals surface area contributed by atoms with Crippen molar-refractivity contribution in [2.24, 2.45) is 5.92 Å². The van der Waals surface area contributed by atoms with Crippen molar-refractivity contribution in [1.29, 1.82) is 0 Å². The summed E-state index contributed by atoms with van der Waals surface area (Å²) in [7, 11) is -3.68. The Morgan fingerprint density at radius 2 is 1.75 bits per heavy atom. The highest BCUT2D eigenvalue weighted by molar-refractivity contribution is 7.89. The first-order valence-corrected chi connectivity index (χ1v) is 13.5. The van der Waals surface area contributed by atoms with E-state index in [-0.39, 0.29) is 23.3 Å². The number of aromatic nitrogens is 3. The summed E-state index contributed by atoms with van der Waals surface area (Å²) in [5.74, 6) is 0.963. The van der Waals surface area contributed by atoms with Crippen molar-refractivity contribution in [3.63, 3.8) is 0 Å². The van der Waals surface area contributed by atoms with Gasteiger partial charge in [0.2, 0.25) is 15.9 Å². The summed E-state index contributed by atoms with van der Waals surface area (Å²) < 4.78 is 30.3. The number of aryl methyl sites for hydroxylation is 2. The van der Waals surface area contributed by atoms with Crippen LogP contribution in [-0.2, 0) is 21.4 Å². The number of fused-ring (bicyclic) bond motifs is 1. The minimum atomic E-state index is -3.68. The fourth-order valence-corrected chi connectivity index (χ4v) is 4.99. The molecule has 2 N–H and O–H groups in total. The number of hydrogen-bond donors (Lipinski definition) is 2. The lowest BCUT2D eigenvalue weighted by Crippen LogP contribution is -2.25. The molecule has 0 aliphatic carbocycles. The molecule has 0 saturated heterocycles. The normalized spacial score (nSPS) is 11.8. The van der Waals surface area contributed by atoms with Gasteiger partial charge in [0.15, 0.2) is 5.65 Å². The molecule has 0 unspecified atom stereocenters. The van der Waals surface area contributed by atoms with E-state index in [9.17, 15) is 13.2 Å². The molecule has 8 nitrogen and oxygen atoms in total. The number of nitrogens with zero attached hydrogens (tertiary/aromatic N) is 3. The quantitative estimate of drug-likeness (QED) is 0.302. The van der Waals surface area contributed by atoms with Crippen LogP contribution in [-0.4, -0.2) is 35.4 Å². The zero-order valence-electron chi connectivity index (χ0n) is 20.7. The zero-order chi connectivity index (χ0) is 25.7. The van der Waals surface area contributed by atoms with Crippen LogP contribution in [0.1, 0.15) is 32.3 Å². The average Bonchev–Trinajstić information content (AvgIpc) is 3.20. The van der Waals surface area contributed by atoms with E-state index in [0.29, 0.717) is 25.1 Å². The van der Waals surface area contributed by atoms with Crippen molar-refractivity contribution in [1.82, 2.24) is 19.3 Å². The van der Waals surface area contributed by atoms with Crippen molar-refractivity contribution in [2.75, 3.05) is 11.9 Å². The van der Waals surface area contributed by atoms with Gasteiger partial charge >= 0.3 is 0 Å². The zero-order valence-corrected chi connectivity index (χ0v) is 21.5. The second-order valence-corrected chi connectivity index (χ2v) is 11.0. The Labute approximate surface area is 211 Å². The van der Waals surface area contributed by atoms with Gasteiger partial charge in [0, 0.05) is 37.0 Å². The summed E-state index contributed by atoms with van der Waals surface area (Å²) in [6.45, 7) is 6.79. The predicted octanol–water partition coefficient (Wildman–Crippen LogP) is 4.76. The number of imidazole rings is 1. The first-order valence-electron chi connectivity index (χ1n) is 12.0. The van der Waals surface area contributed by atoms with Crippen LogP contribution in [0.5, 0.6) is 0 Å². The first-order chi connectivity index (χ1) is 17.2. The van der Waals surface area contributed by atoms with Gasteiger partial charge in [-0.2, -0.15) is 0 Å². The number of rotatable bonds is 10. The molecule has 0 radical (unpaired) electrons. The van der Waals surface area contributed by atoms with Gasteiger partial charge in [0.25, 0.3) is 0 Å². The van der Waals surface area contributed by atoms with E-state index in [4.69, 9.17) is 4.98 Å². The molecular weight excluding hydrogens is 474 g/mol. The smallest absolute Gasteiger partial charge is 0.240 e. The molecule has 36 heavy (non-hydrogen) atoms. The van der Waals surface area contributed by atoms with Gasteiger partial charge in [-0.25, -0.2) is 23.1 Å². The van der Waals surface area contributed by atoms with Crippen LogP contribution in [0.4, 0.5) is 5.69 Å². The molecule has 1 amide bonds. The summed E-state index contributed by atoms with van der Waals surface area (Å²) >= 11 is 0. The molecule has 9 heteroatoms. The number of sulfonamides is 1. The number of carbonyl (C=O) groups is 1. The Morgan fingerprint density at radius 1 is 1.03 bits per heavy atom. The van der Waals surface area contributed by atoms with Crippen molar-refractivity contribution < 1.29 is 13.2 Å². The van der Waals surface area contributed by atoms with Crippen LogP contribution in [0.25, 0.3) is 22.6 Å². The number of pyridine rings is 1. The van der Waals surface area contributed by atoms with Crippen LogP contribution >= 0.6 is 0 Å².